The zero-order chi connectivity index (χ0) is 15.0. The number of rotatable bonds is 6. The maximum Gasteiger partial charge on any atom is 0.407 e. The molecule has 0 aromatic rings. The summed E-state index contributed by atoms with van der Waals surface area (Å²) in [4.78, 5) is 24.0. The lowest BCUT2D eigenvalue weighted by Gasteiger charge is -2.36. The molecule has 112 valence electrons. The number of piperidine rings is 1. The molecular formula is C13H21N3O4. The minimum absolute atomic E-state index is 0.102. The first-order chi connectivity index (χ1) is 9.55. The molecule has 0 saturated carbocycles. The van der Waals surface area contributed by atoms with Crippen molar-refractivity contribution in [1.82, 2.24) is 10.2 Å². The van der Waals surface area contributed by atoms with E-state index in [0.29, 0.717) is 32.5 Å². The molecule has 2 N–H and O–H groups in total. The molecule has 1 amide bonds. The van der Waals surface area contributed by atoms with Crippen molar-refractivity contribution in [1.29, 1.82) is 5.26 Å². The van der Waals surface area contributed by atoms with Crippen molar-refractivity contribution >= 4 is 12.1 Å². The third kappa shape index (κ3) is 5.89. The van der Waals surface area contributed by atoms with Crippen LogP contribution in [0.2, 0.25) is 0 Å². The zero-order valence-electron chi connectivity index (χ0n) is 11.7. The molecule has 2 unspecified atom stereocenters. The predicted molar refractivity (Wildman–Crippen MR) is 71.0 cm³/mol. The van der Waals surface area contributed by atoms with Gasteiger partial charge in [0.1, 0.15) is 0 Å². The Balaban J connectivity index is 2.53. The number of carbonyl (C=O) groups excluding carboxylic acids is 1. The van der Waals surface area contributed by atoms with Crippen molar-refractivity contribution in [2.75, 3.05) is 26.2 Å². The Labute approximate surface area is 118 Å². The van der Waals surface area contributed by atoms with Gasteiger partial charge in [0, 0.05) is 25.6 Å². The number of carboxylic acid groups (broad SMARTS) is 1. The van der Waals surface area contributed by atoms with Crippen molar-refractivity contribution in [2.45, 2.75) is 32.2 Å². The van der Waals surface area contributed by atoms with Gasteiger partial charge < -0.3 is 15.2 Å². The van der Waals surface area contributed by atoms with Crippen molar-refractivity contribution in [3.63, 3.8) is 0 Å². The van der Waals surface area contributed by atoms with Gasteiger partial charge in [0.15, 0.2) is 0 Å². The Hall–Kier alpha value is -1.81. The summed E-state index contributed by atoms with van der Waals surface area (Å²) in [6.45, 7) is 3.61. The van der Waals surface area contributed by atoms with Gasteiger partial charge in [-0.15, -0.1) is 0 Å². The second-order valence-electron chi connectivity index (χ2n) is 4.95. The highest BCUT2D eigenvalue weighted by atomic mass is 16.5. The number of amides is 1. The number of ether oxygens (including phenoxy) is 1. The van der Waals surface area contributed by atoms with E-state index in [2.05, 4.69) is 11.4 Å². The van der Waals surface area contributed by atoms with E-state index in [1.54, 1.807) is 6.92 Å². The summed E-state index contributed by atoms with van der Waals surface area (Å²) in [5, 5.41) is 20.3. The Morgan fingerprint density at radius 1 is 1.50 bits per heavy atom. The number of alkyl carbamates (subject to hydrolysis) is 1. The predicted octanol–water partition coefficient (Wildman–Crippen LogP) is 0.811. The van der Waals surface area contributed by atoms with E-state index in [1.165, 1.54) is 0 Å². The van der Waals surface area contributed by atoms with Gasteiger partial charge in [-0.3, -0.25) is 9.69 Å². The van der Waals surface area contributed by atoms with E-state index >= 15 is 0 Å². The number of nitrogens with zero attached hydrogens (tertiary/aromatic N) is 2. The maximum absolute atomic E-state index is 11.4. The Morgan fingerprint density at radius 2 is 2.25 bits per heavy atom. The van der Waals surface area contributed by atoms with E-state index in [9.17, 15) is 9.59 Å². The SMILES string of the molecule is CCOC(=O)NC1CC(CCC(=O)O)CN(CC#N)C1. The van der Waals surface area contributed by atoms with Gasteiger partial charge in [-0.2, -0.15) is 5.26 Å². The lowest BCUT2D eigenvalue weighted by atomic mass is 9.90. The van der Waals surface area contributed by atoms with Crippen molar-refractivity contribution in [3.8, 4) is 6.07 Å². The van der Waals surface area contributed by atoms with Gasteiger partial charge in [0.05, 0.1) is 19.2 Å². The van der Waals surface area contributed by atoms with Crippen LogP contribution in [0.15, 0.2) is 0 Å². The third-order valence-corrected chi connectivity index (χ3v) is 3.27. The van der Waals surface area contributed by atoms with Crippen molar-refractivity contribution in [3.05, 3.63) is 0 Å². The van der Waals surface area contributed by atoms with Gasteiger partial charge in [0.25, 0.3) is 0 Å². The molecule has 1 saturated heterocycles. The van der Waals surface area contributed by atoms with Crippen LogP contribution in [0.4, 0.5) is 4.79 Å². The van der Waals surface area contributed by atoms with Gasteiger partial charge in [-0.05, 0) is 25.7 Å². The Morgan fingerprint density at radius 3 is 2.85 bits per heavy atom. The monoisotopic (exact) mass is 283 g/mol. The van der Waals surface area contributed by atoms with Gasteiger partial charge >= 0.3 is 12.1 Å². The van der Waals surface area contributed by atoms with Crippen LogP contribution < -0.4 is 5.32 Å². The normalized spacial score (nSPS) is 22.8. The number of hydrogen-bond donors (Lipinski definition) is 2. The van der Waals surface area contributed by atoms with Gasteiger partial charge in [-0.25, -0.2) is 4.79 Å². The molecule has 2 atom stereocenters. The summed E-state index contributed by atoms with van der Waals surface area (Å²) in [7, 11) is 0. The summed E-state index contributed by atoms with van der Waals surface area (Å²) in [6.07, 6.45) is 0.914. The smallest absolute Gasteiger partial charge is 0.407 e. The Kier molecular flexibility index (Phi) is 6.81. The average molecular weight is 283 g/mol. The highest BCUT2D eigenvalue weighted by Crippen LogP contribution is 2.21. The first-order valence-electron chi connectivity index (χ1n) is 6.79. The molecule has 0 aromatic heterocycles. The number of nitriles is 1. The molecule has 20 heavy (non-hydrogen) atoms. The van der Waals surface area contributed by atoms with E-state index < -0.39 is 12.1 Å². The van der Waals surface area contributed by atoms with Crippen LogP contribution in [0.1, 0.15) is 26.2 Å². The Bertz CT molecular complexity index is 380. The van der Waals surface area contributed by atoms with Crippen LogP contribution in [0.3, 0.4) is 0 Å². The molecule has 0 aliphatic carbocycles. The first-order valence-corrected chi connectivity index (χ1v) is 6.79. The van der Waals surface area contributed by atoms with E-state index in [1.807, 2.05) is 4.90 Å². The van der Waals surface area contributed by atoms with Crippen LogP contribution >= 0.6 is 0 Å². The fraction of sp³-hybridized carbons (Fsp3) is 0.769. The third-order valence-electron chi connectivity index (χ3n) is 3.27. The summed E-state index contributed by atoms with van der Waals surface area (Å²) in [6, 6.07) is 1.99. The van der Waals surface area contributed by atoms with Crippen LogP contribution in [0.25, 0.3) is 0 Å². The second-order valence-corrected chi connectivity index (χ2v) is 4.95. The number of carbonyl (C=O) groups is 2. The van der Waals surface area contributed by atoms with Crippen molar-refractivity contribution < 1.29 is 19.4 Å². The van der Waals surface area contributed by atoms with E-state index in [-0.39, 0.29) is 24.9 Å². The number of hydrogen-bond acceptors (Lipinski definition) is 5. The number of aliphatic carboxylic acids is 1. The topological polar surface area (TPSA) is 103 Å². The number of likely N-dealkylation sites (tertiary alicyclic amines) is 1. The average Bonchev–Trinajstić information content (AvgIpc) is 2.36. The molecule has 1 fully saturated rings. The van der Waals surface area contributed by atoms with E-state index in [4.69, 9.17) is 15.1 Å². The van der Waals surface area contributed by atoms with Gasteiger partial charge in [0.2, 0.25) is 0 Å². The lowest BCUT2D eigenvalue weighted by Crippen LogP contribution is -2.51. The minimum Gasteiger partial charge on any atom is -0.481 e. The first kappa shape index (κ1) is 16.2. The summed E-state index contributed by atoms with van der Waals surface area (Å²) in [5.74, 6) is -0.655. The van der Waals surface area contributed by atoms with Crippen LogP contribution in [-0.2, 0) is 9.53 Å². The number of nitrogens with one attached hydrogen (secondary N) is 1. The molecule has 1 rings (SSSR count). The summed E-state index contributed by atoms with van der Waals surface area (Å²) >= 11 is 0. The molecule has 0 bridgehead atoms. The van der Waals surface area contributed by atoms with Crippen LogP contribution in [0, 0.1) is 17.2 Å². The fourth-order valence-electron chi connectivity index (χ4n) is 2.51. The molecule has 7 heteroatoms. The van der Waals surface area contributed by atoms with Crippen LogP contribution in [0.5, 0.6) is 0 Å². The largest absolute Gasteiger partial charge is 0.481 e. The zero-order valence-corrected chi connectivity index (χ0v) is 11.7. The highest BCUT2D eigenvalue weighted by molar-refractivity contribution is 5.67. The van der Waals surface area contributed by atoms with E-state index in [0.717, 1.165) is 0 Å². The molecule has 0 spiro atoms. The standard InChI is InChI=1S/C13H21N3O4/c1-2-20-13(19)15-11-7-10(3-4-12(17)18)8-16(9-11)6-5-14/h10-11H,2-4,6-9H2,1H3,(H,15,19)(H,17,18). The van der Waals surface area contributed by atoms with Crippen molar-refractivity contribution in [2.24, 2.45) is 5.92 Å². The molecule has 1 heterocycles. The maximum atomic E-state index is 11.4. The van der Waals surface area contributed by atoms with Gasteiger partial charge in [-0.1, -0.05) is 0 Å². The quantitative estimate of drug-likeness (QED) is 0.699. The fourth-order valence-corrected chi connectivity index (χ4v) is 2.51. The summed E-state index contributed by atoms with van der Waals surface area (Å²) in [5.41, 5.74) is 0. The number of carboxylic acids is 1. The highest BCUT2D eigenvalue weighted by Gasteiger charge is 2.28. The molecule has 1 aliphatic rings. The minimum atomic E-state index is -0.822. The second kappa shape index (κ2) is 8.38. The molecule has 0 radical (unpaired) electrons. The molecular weight excluding hydrogens is 262 g/mol. The molecule has 7 nitrogen and oxygen atoms in total. The lowest BCUT2D eigenvalue weighted by molar-refractivity contribution is -0.137. The molecule has 0 aromatic carbocycles. The molecule has 1 aliphatic heterocycles. The summed E-state index contributed by atoms with van der Waals surface area (Å²) < 4.78 is 4.85. The van der Waals surface area contributed by atoms with Crippen LogP contribution in [-0.4, -0.2) is 54.4 Å².